The van der Waals surface area contributed by atoms with Crippen LogP contribution in [0.3, 0.4) is 0 Å². The Bertz CT molecular complexity index is 586. The third kappa shape index (κ3) is 3.37. The topological polar surface area (TPSA) is 66.7 Å². The number of benzene rings is 1. The van der Waals surface area contributed by atoms with Crippen LogP contribution in [0.25, 0.3) is 0 Å². The summed E-state index contributed by atoms with van der Waals surface area (Å²) in [5.74, 6) is 1.06. The lowest BCUT2D eigenvalue weighted by atomic mass is 9.84. The molecular formula is C17H23N3O3. The summed E-state index contributed by atoms with van der Waals surface area (Å²) in [5.41, 5.74) is 0.556. The molecule has 23 heavy (non-hydrogen) atoms. The number of carbonyl (C=O) groups is 1. The van der Waals surface area contributed by atoms with Crippen molar-refractivity contribution < 1.29 is 9.72 Å². The fraction of sp³-hybridized carbons (Fsp3) is 0.588. The van der Waals surface area contributed by atoms with Crippen LogP contribution in [0.1, 0.15) is 30.6 Å². The third-order valence-electron chi connectivity index (χ3n) is 4.95. The average Bonchev–Trinajstić information content (AvgIpc) is 2.53. The lowest BCUT2D eigenvalue weighted by molar-refractivity contribution is -0.384. The molecular weight excluding hydrogens is 294 g/mol. The van der Waals surface area contributed by atoms with Gasteiger partial charge in [0, 0.05) is 49.9 Å². The van der Waals surface area contributed by atoms with E-state index in [9.17, 15) is 14.9 Å². The maximum atomic E-state index is 12.7. The number of hydrogen-bond donors (Lipinski definition) is 0. The second-order valence-electron chi connectivity index (χ2n) is 7.03. The van der Waals surface area contributed by atoms with Gasteiger partial charge in [-0.3, -0.25) is 14.9 Å². The molecule has 2 atom stereocenters. The first-order valence-corrected chi connectivity index (χ1v) is 8.22. The summed E-state index contributed by atoms with van der Waals surface area (Å²) in [6, 6.07) is 6.48. The molecule has 0 N–H and O–H groups in total. The van der Waals surface area contributed by atoms with Crippen LogP contribution >= 0.6 is 0 Å². The molecule has 0 aliphatic carbocycles. The summed E-state index contributed by atoms with van der Waals surface area (Å²) in [7, 11) is 0. The molecule has 1 aromatic carbocycles. The Morgan fingerprint density at radius 2 is 1.70 bits per heavy atom. The highest BCUT2D eigenvalue weighted by Crippen LogP contribution is 2.30. The van der Waals surface area contributed by atoms with E-state index < -0.39 is 4.92 Å². The number of amides is 1. The van der Waals surface area contributed by atoms with Gasteiger partial charge in [0.05, 0.1) is 4.92 Å². The third-order valence-corrected chi connectivity index (χ3v) is 4.95. The highest BCUT2D eigenvalue weighted by Gasteiger charge is 2.36. The van der Waals surface area contributed by atoms with Crippen LogP contribution in [0.15, 0.2) is 24.3 Å². The molecule has 0 spiro atoms. The highest BCUT2D eigenvalue weighted by atomic mass is 16.6. The van der Waals surface area contributed by atoms with Crippen LogP contribution < -0.4 is 0 Å². The number of carbonyl (C=O) groups excluding carboxylic acids is 1. The van der Waals surface area contributed by atoms with Crippen molar-refractivity contribution in [2.24, 2.45) is 11.8 Å². The van der Waals surface area contributed by atoms with E-state index in [4.69, 9.17) is 0 Å². The van der Waals surface area contributed by atoms with E-state index in [1.165, 1.54) is 18.6 Å². The van der Waals surface area contributed by atoms with E-state index in [0.717, 1.165) is 26.2 Å². The average molecular weight is 317 g/mol. The van der Waals surface area contributed by atoms with Crippen molar-refractivity contribution >= 4 is 11.6 Å². The number of non-ortho nitro benzene ring substituents is 1. The summed E-state index contributed by atoms with van der Waals surface area (Å²) in [6.45, 7) is 8.13. The zero-order chi connectivity index (χ0) is 16.6. The van der Waals surface area contributed by atoms with Crippen LogP contribution in [-0.2, 0) is 0 Å². The molecule has 2 aliphatic heterocycles. The van der Waals surface area contributed by atoms with Gasteiger partial charge in [-0.15, -0.1) is 0 Å². The number of nitro groups is 1. The van der Waals surface area contributed by atoms with Crippen LogP contribution in [0.5, 0.6) is 0 Å². The van der Waals surface area contributed by atoms with Gasteiger partial charge in [0.25, 0.3) is 11.6 Å². The van der Waals surface area contributed by atoms with E-state index in [1.54, 1.807) is 12.1 Å². The molecule has 0 radical (unpaired) electrons. The normalized spacial score (nSPS) is 24.7. The molecule has 6 nitrogen and oxygen atoms in total. The predicted molar refractivity (Wildman–Crippen MR) is 87.3 cm³/mol. The molecule has 2 aliphatic rings. The Balaban J connectivity index is 1.68. The number of fused-ring (bicyclic) bond motifs is 2. The lowest BCUT2D eigenvalue weighted by Crippen LogP contribution is -2.55. The minimum absolute atomic E-state index is 0.00686. The second kappa shape index (κ2) is 6.28. The zero-order valence-electron chi connectivity index (χ0n) is 13.6. The number of nitrogens with zero attached hydrogens (tertiary/aromatic N) is 3. The first kappa shape index (κ1) is 15.9. The number of rotatable bonds is 3. The van der Waals surface area contributed by atoms with Crippen molar-refractivity contribution in [2.75, 3.05) is 26.2 Å². The first-order chi connectivity index (χ1) is 10.9. The molecule has 2 bridgehead atoms. The van der Waals surface area contributed by atoms with Crippen molar-refractivity contribution in [1.29, 1.82) is 0 Å². The van der Waals surface area contributed by atoms with E-state index in [1.807, 2.05) is 4.90 Å². The predicted octanol–water partition coefficient (Wildman–Crippen LogP) is 2.40. The largest absolute Gasteiger partial charge is 0.338 e. The summed E-state index contributed by atoms with van der Waals surface area (Å²) < 4.78 is 0. The fourth-order valence-corrected chi connectivity index (χ4v) is 3.82. The molecule has 124 valence electrons. The van der Waals surface area contributed by atoms with Gasteiger partial charge in [-0.25, -0.2) is 0 Å². The Morgan fingerprint density at radius 3 is 2.17 bits per heavy atom. The monoisotopic (exact) mass is 317 g/mol. The van der Waals surface area contributed by atoms with Crippen LogP contribution in [-0.4, -0.2) is 52.9 Å². The Kier molecular flexibility index (Phi) is 4.35. The Hall–Kier alpha value is -1.95. The van der Waals surface area contributed by atoms with Gasteiger partial charge < -0.3 is 9.80 Å². The summed E-state index contributed by atoms with van der Waals surface area (Å²) in [6.07, 6.45) is 1.20. The smallest absolute Gasteiger partial charge is 0.269 e. The Morgan fingerprint density at radius 1 is 1.13 bits per heavy atom. The summed E-state index contributed by atoms with van der Waals surface area (Å²) in [4.78, 5) is 27.4. The van der Waals surface area contributed by atoms with Gasteiger partial charge in [0.1, 0.15) is 0 Å². The minimum atomic E-state index is -0.444. The SMILES string of the molecule is CC(C)N1C[C@@H]2C[C@@H](CN(C(=O)c3ccc([N+](=O)[O-])cc3)C2)C1. The molecule has 0 saturated carbocycles. The quantitative estimate of drug-likeness (QED) is 0.634. The molecule has 1 amide bonds. The van der Waals surface area contributed by atoms with E-state index in [-0.39, 0.29) is 11.6 Å². The summed E-state index contributed by atoms with van der Waals surface area (Å²) >= 11 is 0. The minimum Gasteiger partial charge on any atom is -0.338 e. The van der Waals surface area contributed by atoms with Gasteiger partial charge in [0.15, 0.2) is 0 Å². The van der Waals surface area contributed by atoms with Gasteiger partial charge in [-0.1, -0.05) is 0 Å². The first-order valence-electron chi connectivity index (χ1n) is 8.22. The van der Waals surface area contributed by atoms with Gasteiger partial charge in [-0.05, 0) is 44.2 Å². The second-order valence-corrected chi connectivity index (χ2v) is 7.03. The number of nitro benzene ring substituents is 1. The Labute approximate surface area is 136 Å². The lowest BCUT2D eigenvalue weighted by Gasteiger charge is -2.47. The number of likely N-dealkylation sites (tertiary alicyclic amines) is 2. The molecule has 0 aromatic heterocycles. The van der Waals surface area contributed by atoms with E-state index >= 15 is 0 Å². The fourth-order valence-electron chi connectivity index (χ4n) is 3.82. The molecule has 2 fully saturated rings. The maximum absolute atomic E-state index is 12.7. The van der Waals surface area contributed by atoms with Gasteiger partial charge >= 0.3 is 0 Å². The van der Waals surface area contributed by atoms with E-state index in [0.29, 0.717) is 23.4 Å². The highest BCUT2D eigenvalue weighted by molar-refractivity contribution is 5.94. The molecule has 1 aromatic rings. The van der Waals surface area contributed by atoms with Crippen LogP contribution in [0.2, 0.25) is 0 Å². The standard InChI is InChI=1S/C17H23N3O3/c1-12(2)18-8-13-7-14(9-18)11-19(10-13)17(21)15-3-5-16(6-4-15)20(22)23/h3-6,12-14H,7-11H2,1-2H3/t13-,14+. The zero-order valence-corrected chi connectivity index (χ0v) is 13.6. The van der Waals surface area contributed by atoms with Crippen molar-refractivity contribution in [3.8, 4) is 0 Å². The molecule has 2 saturated heterocycles. The van der Waals surface area contributed by atoms with Crippen molar-refractivity contribution in [2.45, 2.75) is 26.3 Å². The van der Waals surface area contributed by atoms with Crippen molar-refractivity contribution in [3.63, 3.8) is 0 Å². The van der Waals surface area contributed by atoms with Crippen molar-refractivity contribution in [1.82, 2.24) is 9.80 Å². The van der Waals surface area contributed by atoms with Crippen LogP contribution in [0.4, 0.5) is 5.69 Å². The summed E-state index contributed by atoms with van der Waals surface area (Å²) in [5, 5.41) is 10.7. The number of hydrogen-bond acceptors (Lipinski definition) is 4. The van der Waals surface area contributed by atoms with Crippen LogP contribution in [0, 0.1) is 22.0 Å². The molecule has 2 heterocycles. The van der Waals surface area contributed by atoms with Gasteiger partial charge in [-0.2, -0.15) is 0 Å². The molecule has 3 rings (SSSR count). The van der Waals surface area contributed by atoms with Gasteiger partial charge in [0.2, 0.25) is 0 Å². The van der Waals surface area contributed by atoms with Crippen molar-refractivity contribution in [3.05, 3.63) is 39.9 Å². The maximum Gasteiger partial charge on any atom is 0.269 e. The van der Waals surface area contributed by atoms with E-state index in [2.05, 4.69) is 18.7 Å². The molecule has 6 heteroatoms. The number of piperidine rings is 2. The molecule has 0 unspecified atom stereocenters.